The van der Waals surface area contributed by atoms with E-state index in [1.54, 1.807) is 14.2 Å². The Kier molecular flexibility index (Phi) is 7.23. The van der Waals surface area contributed by atoms with E-state index < -0.39 is 0 Å². The van der Waals surface area contributed by atoms with Crippen LogP contribution in [0, 0.1) is 0 Å². The molecule has 0 aliphatic carbocycles. The first-order chi connectivity index (χ1) is 17.6. The van der Waals surface area contributed by atoms with Gasteiger partial charge in [-0.25, -0.2) is 4.98 Å². The van der Waals surface area contributed by atoms with E-state index in [4.69, 9.17) is 13.9 Å². The topological polar surface area (TPSA) is 83.8 Å². The van der Waals surface area contributed by atoms with Gasteiger partial charge in [-0.3, -0.25) is 9.69 Å². The summed E-state index contributed by atoms with van der Waals surface area (Å²) in [6.07, 6.45) is 6.50. The van der Waals surface area contributed by atoms with Gasteiger partial charge < -0.3 is 23.8 Å². The molecule has 8 nitrogen and oxygen atoms in total. The summed E-state index contributed by atoms with van der Waals surface area (Å²) in [6, 6.07) is 14.2. The molecule has 1 fully saturated rings. The highest BCUT2D eigenvalue weighted by Gasteiger charge is 2.23. The van der Waals surface area contributed by atoms with Crippen LogP contribution >= 0.6 is 0 Å². The van der Waals surface area contributed by atoms with Gasteiger partial charge in [-0.05, 0) is 37.0 Å². The SMILES string of the molecule is COc1ccc(CN(CCc2c[nH]c3ccccc23)Cc2nc(C(=O)N3CCCC3)co2)c(OC)c1. The van der Waals surface area contributed by atoms with Crippen LogP contribution in [0.15, 0.2) is 59.3 Å². The van der Waals surface area contributed by atoms with Gasteiger partial charge in [0.25, 0.3) is 5.91 Å². The van der Waals surface area contributed by atoms with E-state index in [1.807, 2.05) is 29.2 Å². The molecule has 8 heteroatoms. The Morgan fingerprint density at radius 1 is 1.08 bits per heavy atom. The van der Waals surface area contributed by atoms with Crippen molar-refractivity contribution < 1.29 is 18.7 Å². The summed E-state index contributed by atoms with van der Waals surface area (Å²) >= 11 is 0. The van der Waals surface area contributed by atoms with Crippen LogP contribution in [0.3, 0.4) is 0 Å². The fourth-order valence-electron chi connectivity index (χ4n) is 4.81. The lowest BCUT2D eigenvalue weighted by molar-refractivity contribution is 0.0787. The van der Waals surface area contributed by atoms with Crippen molar-refractivity contribution in [1.82, 2.24) is 19.8 Å². The van der Waals surface area contributed by atoms with E-state index in [0.717, 1.165) is 61.5 Å². The Bertz CT molecular complexity index is 1320. The van der Waals surface area contributed by atoms with Crippen molar-refractivity contribution in [2.45, 2.75) is 32.4 Å². The highest BCUT2D eigenvalue weighted by atomic mass is 16.5. The van der Waals surface area contributed by atoms with Gasteiger partial charge in [0.05, 0.1) is 20.8 Å². The summed E-state index contributed by atoms with van der Waals surface area (Å²) in [7, 11) is 3.31. The average Bonchev–Trinajstić information content (AvgIpc) is 3.68. The molecule has 0 saturated carbocycles. The zero-order valence-electron chi connectivity index (χ0n) is 20.8. The van der Waals surface area contributed by atoms with Gasteiger partial charge in [-0.15, -0.1) is 0 Å². The number of oxazole rings is 1. The lowest BCUT2D eigenvalue weighted by atomic mass is 10.1. The van der Waals surface area contributed by atoms with E-state index in [1.165, 1.54) is 17.2 Å². The van der Waals surface area contributed by atoms with E-state index in [9.17, 15) is 4.79 Å². The number of aromatic amines is 1. The van der Waals surface area contributed by atoms with Gasteiger partial charge in [0.1, 0.15) is 17.8 Å². The number of methoxy groups -OCH3 is 2. The molecule has 0 bridgehead atoms. The van der Waals surface area contributed by atoms with Gasteiger partial charge in [0.2, 0.25) is 5.89 Å². The zero-order chi connectivity index (χ0) is 24.9. The molecule has 0 atom stereocenters. The maximum atomic E-state index is 12.7. The standard InChI is InChI=1S/C28H32N4O4/c1-34-22-10-9-21(26(15-22)35-2)17-31(14-11-20-16-29-24-8-4-3-7-23(20)24)18-27-30-25(19-36-27)28(33)32-12-5-6-13-32/h3-4,7-10,15-16,19,29H,5-6,11-14,17-18H2,1-2H3. The fraction of sp³-hybridized carbons (Fsp3) is 0.357. The van der Waals surface area contributed by atoms with Crippen LogP contribution in [0.1, 0.15) is 40.3 Å². The molecule has 4 aromatic rings. The fourth-order valence-corrected chi connectivity index (χ4v) is 4.81. The van der Waals surface area contributed by atoms with Crippen LogP contribution < -0.4 is 9.47 Å². The molecule has 5 rings (SSSR count). The number of fused-ring (bicyclic) bond motifs is 1. The Labute approximate surface area is 210 Å². The van der Waals surface area contributed by atoms with Crippen LogP contribution in [0.25, 0.3) is 10.9 Å². The van der Waals surface area contributed by atoms with Crippen molar-refractivity contribution in [2.24, 2.45) is 0 Å². The van der Waals surface area contributed by atoms with Gasteiger partial charge >= 0.3 is 0 Å². The molecule has 1 aliphatic heterocycles. The molecule has 1 amide bonds. The normalized spacial score (nSPS) is 13.6. The summed E-state index contributed by atoms with van der Waals surface area (Å²) < 4.78 is 16.8. The van der Waals surface area contributed by atoms with Crippen molar-refractivity contribution in [1.29, 1.82) is 0 Å². The Morgan fingerprint density at radius 2 is 1.92 bits per heavy atom. The van der Waals surface area contributed by atoms with Crippen molar-refractivity contribution in [3.8, 4) is 11.5 Å². The number of hydrogen-bond donors (Lipinski definition) is 1. The number of hydrogen-bond acceptors (Lipinski definition) is 6. The second-order valence-electron chi connectivity index (χ2n) is 9.12. The first kappa shape index (κ1) is 23.9. The maximum absolute atomic E-state index is 12.7. The molecule has 0 unspecified atom stereocenters. The first-order valence-electron chi connectivity index (χ1n) is 12.4. The van der Waals surface area contributed by atoms with E-state index in [-0.39, 0.29) is 5.91 Å². The monoisotopic (exact) mass is 488 g/mol. The largest absolute Gasteiger partial charge is 0.497 e. The predicted molar refractivity (Wildman–Crippen MR) is 137 cm³/mol. The lowest BCUT2D eigenvalue weighted by Gasteiger charge is -2.22. The molecule has 36 heavy (non-hydrogen) atoms. The number of amides is 1. The second-order valence-corrected chi connectivity index (χ2v) is 9.12. The van der Waals surface area contributed by atoms with Crippen LogP contribution in [0.5, 0.6) is 11.5 Å². The van der Waals surface area contributed by atoms with Crippen LogP contribution in [-0.2, 0) is 19.5 Å². The van der Waals surface area contributed by atoms with Crippen LogP contribution in [0.4, 0.5) is 0 Å². The summed E-state index contributed by atoms with van der Waals surface area (Å²) in [5, 5.41) is 1.23. The minimum atomic E-state index is -0.0512. The number of nitrogens with zero attached hydrogens (tertiary/aromatic N) is 3. The molecule has 2 aromatic heterocycles. The zero-order valence-corrected chi connectivity index (χ0v) is 20.8. The summed E-state index contributed by atoms with van der Waals surface area (Å²) in [4.78, 5) is 24.8. The van der Waals surface area contributed by atoms with E-state index >= 15 is 0 Å². The smallest absolute Gasteiger partial charge is 0.275 e. The summed E-state index contributed by atoms with van der Waals surface area (Å²) in [5.41, 5.74) is 3.81. The molecular weight excluding hydrogens is 456 g/mol. The summed E-state index contributed by atoms with van der Waals surface area (Å²) in [5.74, 6) is 2.00. The molecule has 1 N–H and O–H groups in total. The molecule has 2 aromatic carbocycles. The van der Waals surface area contributed by atoms with Crippen molar-refractivity contribution in [3.05, 3.63) is 77.6 Å². The average molecular weight is 489 g/mol. The Balaban J connectivity index is 1.35. The number of carbonyl (C=O) groups is 1. The van der Waals surface area contributed by atoms with Crippen LogP contribution in [0.2, 0.25) is 0 Å². The lowest BCUT2D eigenvalue weighted by Crippen LogP contribution is -2.28. The van der Waals surface area contributed by atoms with E-state index in [0.29, 0.717) is 24.7 Å². The third-order valence-corrected chi connectivity index (χ3v) is 6.78. The minimum Gasteiger partial charge on any atom is -0.497 e. The van der Waals surface area contributed by atoms with Gasteiger partial charge in [-0.2, -0.15) is 0 Å². The highest BCUT2D eigenvalue weighted by molar-refractivity contribution is 5.92. The molecule has 1 aliphatic rings. The number of rotatable bonds is 10. The molecule has 0 spiro atoms. The van der Waals surface area contributed by atoms with Crippen LogP contribution in [-0.4, -0.2) is 59.5 Å². The highest BCUT2D eigenvalue weighted by Crippen LogP contribution is 2.27. The molecular formula is C28H32N4O4. The predicted octanol–water partition coefficient (Wildman–Crippen LogP) is 4.65. The van der Waals surface area contributed by atoms with Crippen molar-refractivity contribution >= 4 is 16.8 Å². The number of ether oxygens (including phenoxy) is 2. The molecule has 188 valence electrons. The minimum absolute atomic E-state index is 0.0512. The number of carbonyl (C=O) groups excluding carboxylic acids is 1. The second kappa shape index (κ2) is 10.9. The van der Waals surface area contributed by atoms with Gasteiger partial charge in [0, 0.05) is 54.9 Å². The molecule has 1 saturated heterocycles. The number of H-pyrrole nitrogens is 1. The molecule has 3 heterocycles. The third kappa shape index (κ3) is 5.23. The third-order valence-electron chi connectivity index (χ3n) is 6.78. The van der Waals surface area contributed by atoms with E-state index in [2.05, 4.69) is 39.3 Å². The number of nitrogens with one attached hydrogen (secondary N) is 1. The summed E-state index contributed by atoms with van der Waals surface area (Å²) in [6.45, 7) is 3.46. The number of para-hydroxylation sites is 1. The van der Waals surface area contributed by atoms with Crippen molar-refractivity contribution in [2.75, 3.05) is 33.9 Å². The number of likely N-dealkylation sites (tertiary alicyclic amines) is 1. The maximum Gasteiger partial charge on any atom is 0.275 e. The Hall–Kier alpha value is -3.78. The number of benzene rings is 2. The quantitative estimate of drug-likeness (QED) is 0.350. The van der Waals surface area contributed by atoms with Crippen molar-refractivity contribution in [3.63, 3.8) is 0 Å². The molecule has 0 radical (unpaired) electrons. The number of aromatic nitrogens is 2. The Morgan fingerprint density at radius 3 is 2.72 bits per heavy atom. The van der Waals surface area contributed by atoms with Gasteiger partial charge in [-0.1, -0.05) is 24.3 Å². The van der Waals surface area contributed by atoms with Gasteiger partial charge in [0.15, 0.2) is 5.69 Å². The first-order valence-corrected chi connectivity index (χ1v) is 12.4.